The first kappa shape index (κ1) is 13.6. The van der Waals surface area contributed by atoms with E-state index in [-0.39, 0.29) is 29.3 Å². The van der Waals surface area contributed by atoms with Crippen LogP contribution in [0, 0.1) is 20.9 Å². The molecule has 0 unspecified atom stereocenters. The van der Waals surface area contributed by atoms with Crippen LogP contribution < -0.4 is 0 Å². The third-order valence-corrected chi connectivity index (χ3v) is 2.48. The van der Waals surface area contributed by atoms with Crippen LogP contribution in [0.25, 0.3) is 0 Å². The zero-order valence-corrected chi connectivity index (χ0v) is 10.2. The molecule has 0 fully saturated rings. The smallest absolute Gasteiger partial charge is 0.306 e. The summed E-state index contributed by atoms with van der Waals surface area (Å²) in [6.45, 7) is 0.118. The molecule has 2 rings (SSSR count). The topological polar surface area (TPSA) is 149 Å². The molecule has 2 heterocycles. The fourth-order valence-electron chi connectivity index (χ4n) is 1.59. The van der Waals surface area contributed by atoms with Crippen LogP contribution in [-0.2, 0) is 13.1 Å². The van der Waals surface area contributed by atoms with Gasteiger partial charge in [-0.15, -0.1) is 0 Å². The van der Waals surface area contributed by atoms with Crippen molar-refractivity contribution in [1.29, 1.82) is 5.53 Å². The number of aromatic nitrogens is 4. The molecule has 20 heavy (non-hydrogen) atoms. The minimum Gasteiger partial charge on any atom is -0.594 e. The molecule has 0 aliphatic carbocycles. The number of nitrogens with zero attached hydrogens (tertiary/aromatic N) is 6. The zero-order valence-electron chi connectivity index (χ0n) is 10.2. The molecule has 0 amide bonds. The summed E-state index contributed by atoms with van der Waals surface area (Å²) in [6, 6.07) is 0. The van der Waals surface area contributed by atoms with Crippen molar-refractivity contribution in [2.45, 2.75) is 19.2 Å². The van der Waals surface area contributed by atoms with E-state index >= 15 is 0 Å². The zero-order chi connectivity index (χ0) is 14.7. The Labute approximate surface area is 111 Å². The number of rotatable bonds is 6. The second-order valence-corrected chi connectivity index (χ2v) is 4.05. The second-order valence-electron chi connectivity index (χ2n) is 4.05. The van der Waals surface area contributed by atoms with E-state index in [1.165, 1.54) is 28.0 Å². The molecule has 0 saturated carbocycles. The van der Waals surface area contributed by atoms with Gasteiger partial charge in [0.25, 0.3) is 5.69 Å². The summed E-state index contributed by atoms with van der Waals surface area (Å²) in [7, 11) is 0. The fraction of sp³-hybridized carbons (Fsp3) is 0.333. The normalized spacial score (nSPS) is 12.2. The number of hydrogen-bond donors (Lipinski definition) is 2. The highest BCUT2D eigenvalue weighted by molar-refractivity contribution is 5.21. The summed E-state index contributed by atoms with van der Waals surface area (Å²) in [5.74, 6) is 0. The van der Waals surface area contributed by atoms with Crippen LogP contribution in [0.4, 0.5) is 11.4 Å². The van der Waals surface area contributed by atoms with Crippen molar-refractivity contribution >= 4 is 11.4 Å². The minimum absolute atomic E-state index is 0.0466. The monoisotopic (exact) mass is 281 g/mol. The van der Waals surface area contributed by atoms with Crippen molar-refractivity contribution in [3.8, 4) is 0 Å². The Balaban J connectivity index is 1.95. The summed E-state index contributed by atoms with van der Waals surface area (Å²) in [5, 5.41) is 38.6. The Hall–Kier alpha value is -2.82. The van der Waals surface area contributed by atoms with Gasteiger partial charge in [-0.1, -0.05) is 4.86 Å². The van der Waals surface area contributed by atoms with Gasteiger partial charge in [0.15, 0.2) is 0 Å². The van der Waals surface area contributed by atoms with Crippen molar-refractivity contribution in [2.24, 2.45) is 0 Å². The minimum atomic E-state index is -0.895. The van der Waals surface area contributed by atoms with Gasteiger partial charge in [0.1, 0.15) is 24.8 Å². The summed E-state index contributed by atoms with van der Waals surface area (Å²) in [4.78, 5) is 9.81. The van der Waals surface area contributed by atoms with E-state index in [0.717, 1.165) is 6.20 Å². The molecular formula is C9H11N7O4. The van der Waals surface area contributed by atoms with Crippen LogP contribution in [0.2, 0.25) is 0 Å². The van der Waals surface area contributed by atoms with E-state index in [9.17, 15) is 20.4 Å². The van der Waals surface area contributed by atoms with Crippen molar-refractivity contribution in [1.82, 2.24) is 19.6 Å². The second kappa shape index (κ2) is 5.44. The van der Waals surface area contributed by atoms with Gasteiger partial charge in [-0.2, -0.15) is 10.2 Å². The molecule has 0 aliphatic heterocycles. The van der Waals surface area contributed by atoms with Crippen LogP contribution in [0.5, 0.6) is 0 Å². The maximum absolute atomic E-state index is 10.7. The molecule has 1 atom stereocenters. The molecule has 0 bridgehead atoms. The summed E-state index contributed by atoms with van der Waals surface area (Å²) >= 11 is 0. The number of nitro groups is 1. The standard InChI is InChI=1S/C9H11N7O4/c10-15(18)7-1-11-13(3-7)5-9(17)6-14-4-8(2-12-14)16(19)20/h1-4,9-10,17H,5-6H2/t9-/m1/s1. The molecule has 106 valence electrons. The molecule has 0 aliphatic rings. The van der Waals surface area contributed by atoms with Crippen LogP contribution in [0.1, 0.15) is 0 Å². The van der Waals surface area contributed by atoms with E-state index in [2.05, 4.69) is 10.2 Å². The SMILES string of the molecule is N=[N+]([O-])c1cnn(C[C@@H](O)Cn2cc([N+](=O)[O-])cn2)c1. The van der Waals surface area contributed by atoms with Crippen molar-refractivity contribution < 1.29 is 14.9 Å². The predicted molar refractivity (Wildman–Crippen MR) is 63.1 cm³/mol. The van der Waals surface area contributed by atoms with Crippen LogP contribution in [0.3, 0.4) is 0 Å². The summed E-state index contributed by atoms with van der Waals surface area (Å²) in [6.07, 6.45) is 3.92. The first-order valence-electron chi connectivity index (χ1n) is 5.51. The molecule has 0 spiro atoms. The number of nitrogens with one attached hydrogen (secondary N) is 1. The average molecular weight is 281 g/mol. The van der Waals surface area contributed by atoms with Crippen LogP contribution in [-0.4, -0.2) is 40.6 Å². The maximum Gasteiger partial charge on any atom is 0.306 e. The van der Waals surface area contributed by atoms with Gasteiger partial charge in [0, 0.05) is 0 Å². The lowest BCUT2D eigenvalue weighted by atomic mass is 10.3. The predicted octanol–water partition coefficient (Wildman–Crippen LogP) is 0.222. The van der Waals surface area contributed by atoms with E-state index in [1.807, 2.05) is 0 Å². The average Bonchev–Trinajstić information content (AvgIpc) is 2.98. The summed E-state index contributed by atoms with van der Waals surface area (Å²) < 4.78 is 2.55. The molecule has 2 aromatic rings. The lowest BCUT2D eigenvalue weighted by molar-refractivity contribution is -0.465. The van der Waals surface area contributed by atoms with E-state index in [4.69, 9.17) is 5.53 Å². The Morgan fingerprint density at radius 3 is 2.10 bits per heavy atom. The Bertz CT molecular complexity index is 580. The van der Waals surface area contributed by atoms with Gasteiger partial charge in [-0.25, -0.2) is 0 Å². The Morgan fingerprint density at radius 1 is 1.20 bits per heavy atom. The lowest BCUT2D eigenvalue weighted by Gasteiger charge is -2.09. The Morgan fingerprint density at radius 2 is 1.70 bits per heavy atom. The molecule has 2 N–H and O–H groups in total. The quantitative estimate of drug-likeness (QED) is 0.335. The first-order chi connectivity index (χ1) is 9.45. The van der Waals surface area contributed by atoms with Gasteiger partial charge in [-0.3, -0.25) is 19.5 Å². The van der Waals surface area contributed by atoms with Crippen molar-refractivity contribution in [3.05, 3.63) is 40.1 Å². The molecule has 2 aromatic heterocycles. The van der Waals surface area contributed by atoms with Gasteiger partial charge >= 0.3 is 5.69 Å². The largest absolute Gasteiger partial charge is 0.594 e. The highest BCUT2D eigenvalue weighted by Crippen LogP contribution is 2.10. The third-order valence-electron chi connectivity index (χ3n) is 2.48. The number of aliphatic hydroxyl groups is 1. The van der Waals surface area contributed by atoms with Gasteiger partial charge in [-0.05, 0) is 5.53 Å². The number of hydrogen-bond acceptors (Lipinski definition) is 7. The van der Waals surface area contributed by atoms with E-state index in [0.29, 0.717) is 0 Å². The molecule has 11 heteroatoms. The first-order valence-corrected chi connectivity index (χ1v) is 5.51. The van der Waals surface area contributed by atoms with Gasteiger partial charge in [0.05, 0.1) is 24.1 Å². The highest BCUT2D eigenvalue weighted by Gasteiger charge is 2.14. The highest BCUT2D eigenvalue weighted by atomic mass is 16.6. The maximum atomic E-state index is 10.7. The van der Waals surface area contributed by atoms with E-state index in [1.54, 1.807) is 0 Å². The van der Waals surface area contributed by atoms with Crippen molar-refractivity contribution in [2.75, 3.05) is 0 Å². The molecular weight excluding hydrogens is 270 g/mol. The van der Waals surface area contributed by atoms with Crippen LogP contribution >= 0.6 is 0 Å². The molecule has 0 aromatic carbocycles. The summed E-state index contributed by atoms with van der Waals surface area (Å²) in [5.41, 5.74) is 6.71. The number of aliphatic hydroxyl groups excluding tert-OH is 1. The lowest BCUT2D eigenvalue weighted by Crippen LogP contribution is -2.22. The van der Waals surface area contributed by atoms with E-state index < -0.39 is 11.0 Å². The molecule has 11 nitrogen and oxygen atoms in total. The van der Waals surface area contributed by atoms with Gasteiger partial charge < -0.3 is 10.3 Å². The Kier molecular flexibility index (Phi) is 3.70. The van der Waals surface area contributed by atoms with Gasteiger partial charge in [0.2, 0.25) is 0 Å². The van der Waals surface area contributed by atoms with Crippen molar-refractivity contribution in [3.63, 3.8) is 0 Å². The van der Waals surface area contributed by atoms with Crippen LogP contribution in [0.15, 0.2) is 24.8 Å². The third kappa shape index (κ3) is 3.14. The molecule has 0 radical (unpaired) electrons. The fourth-order valence-corrected chi connectivity index (χ4v) is 1.59. The molecule has 0 saturated heterocycles.